The van der Waals surface area contributed by atoms with Gasteiger partial charge in [0.1, 0.15) is 12.6 Å². The maximum Gasteiger partial charge on any atom is 0.408 e. The predicted octanol–water partition coefficient (Wildman–Crippen LogP) is 4.90. The van der Waals surface area contributed by atoms with Gasteiger partial charge in [0.25, 0.3) is 0 Å². The first-order chi connectivity index (χ1) is 14.6. The molecule has 2 N–H and O–H groups in total. The van der Waals surface area contributed by atoms with E-state index in [0.717, 1.165) is 21.8 Å². The lowest BCUT2D eigenvalue weighted by Crippen LogP contribution is -2.42. The highest BCUT2D eigenvalue weighted by Crippen LogP contribution is 2.23. The van der Waals surface area contributed by atoms with E-state index < -0.39 is 18.1 Å². The average molecular weight is 422 g/mol. The summed E-state index contributed by atoms with van der Waals surface area (Å²) in [4.78, 5) is 24.7. The summed E-state index contributed by atoms with van der Waals surface area (Å²) in [6.07, 6.45) is -0.569. The van der Waals surface area contributed by atoms with Crippen molar-refractivity contribution < 1.29 is 19.4 Å². The molecule has 1 atom stereocenters. The summed E-state index contributed by atoms with van der Waals surface area (Å²) < 4.78 is 5.12. The highest BCUT2D eigenvalue weighted by Gasteiger charge is 2.21. The summed E-state index contributed by atoms with van der Waals surface area (Å²) in [5.41, 5.74) is 2.91. The molecular formula is C24H23NO4S. The quantitative estimate of drug-likeness (QED) is 0.481. The van der Waals surface area contributed by atoms with Crippen molar-refractivity contribution in [1.29, 1.82) is 0 Å². The number of hydrogen-bond donors (Lipinski definition) is 2. The fourth-order valence-electron chi connectivity index (χ4n) is 2.81. The molecular weight excluding hydrogens is 398 g/mol. The van der Waals surface area contributed by atoms with E-state index in [9.17, 15) is 14.7 Å². The monoisotopic (exact) mass is 421 g/mol. The molecule has 0 heterocycles. The molecule has 0 radical (unpaired) electrons. The lowest BCUT2D eigenvalue weighted by atomic mass is 10.1. The van der Waals surface area contributed by atoms with Crippen LogP contribution in [-0.2, 0) is 28.3 Å². The second-order valence-electron chi connectivity index (χ2n) is 6.72. The van der Waals surface area contributed by atoms with E-state index in [1.165, 1.54) is 5.56 Å². The van der Waals surface area contributed by atoms with E-state index in [0.29, 0.717) is 0 Å². The van der Waals surface area contributed by atoms with E-state index in [1.54, 1.807) is 11.8 Å². The molecule has 3 rings (SSSR count). The Morgan fingerprint density at radius 2 is 1.43 bits per heavy atom. The number of nitrogens with one attached hydrogen (secondary N) is 1. The Balaban J connectivity index is 1.50. The van der Waals surface area contributed by atoms with Crippen LogP contribution < -0.4 is 5.32 Å². The molecule has 0 aliphatic heterocycles. The van der Waals surface area contributed by atoms with E-state index >= 15 is 0 Å². The van der Waals surface area contributed by atoms with Gasteiger partial charge in [0.15, 0.2) is 0 Å². The topological polar surface area (TPSA) is 75.6 Å². The van der Waals surface area contributed by atoms with Crippen LogP contribution in [0.4, 0.5) is 4.79 Å². The van der Waals surface area contributed by atoms with Gasteiger partial charge in [-0.25, -0.2) is 9.59 Å². The molecule has 1 amide bonds. The average Bonchev–Trinajstić information content (AvgIpc) is 2.78. The Labute approximate surface area is 180 Å². The lowest BCUT2D eigenvalue weighted by molar-refractivity contribution is -0.139. The van der Waals surface area contributed by atoms with Crippen LogP contribution in [0.25, 0.3) is 0 Å². The summed E-state index contributed by atoms with van der Waals surface area (Å²) in [6, 6.07) is 26.1. The van der Waals surface area contributed by atoms with Crippen molar-refractivity contribution >= 4 is 23.8 Å². The van der Waals surface area contributed by atoms with Gasteiger partial charge in [-0.2, -0.15) is 0 Å². The molecule has 0 aliphatic rings. The third-order valence-corrected chi connectivity index (χ3v) is 5.50. The van der Waals surface area contributed by atoms with Gasteiger partial charge in [-0.1, -0.05) is 72.8 Å². The minimum absolute atomic E-state index is 0.0896. The Hall–Kier alpha value is -3.25. The van der Waals surface area contributed by atoms with Crippen LogP contribution in [0, 0.1) is 0 Å². The molecule has 0 bridgehead atoms. The first-order valence-corrected chi connectivity index (χ1v) is 10.5. The van der Waals surface area contributed by atoms with Crippen LogP contribution in [0.1, 0.15) is 16.7 Å². The predicted molar refractivity (Wildman–Crippen MR) is 117 cm³/mol. The summed E-state index contributed by atoms with van der Waals surface area (Å²) in [6.45, 7) is 0.0896. The number of thioether (sulfide) groups is 1. The number of hydrogen-bond acceptors (Lipinski definition) is 4. The Morgan fingerprint density at radius 1 is 0.833 bits per heavy atom. The number of aliphatic carboxylic acids is 1. The molecule has 0 fully saturated rings. The van der Waals surface area contributed by atoms with Gasteiger partial charge in [-0.15, -0.1) is 11.8 Å². The van der Waals surface area contributed by atoms with E-state index in [-0.39, 0.29) is 13.0 Å². The molecule has 6 heteroatoms. The smallest absolute Gasteiger partial charge is 0.408 e. The van der Waals surface area contributed by atoms with Gasteiger partial charge in [-0.05, 0) is 28.8 Å². The number of rotatable bonds is 9. The molecule has 3 aromatic carbocycles. The molecule has 0 saturated heterocycles. The number of carbonyl (C=O) groups excluding carboxylic acids is 1. The van der Waals surface area contributed by atoms with Crippen molar-refractivity contribution in [2.45, 2.75) is 29.7 Å². The standard InChI is InChI=1S/C24H23NO4S/c26-23(27)22(25-24(28)29-16-19-7-3-1-4-8-19)15-18-11-13-21(14-12-18)30-17-20-9-5-2-6-10-20/h1-14,22H,15-17H2,(H,25,28)(H,26,27)/t22-/m0/s1. The third-order valence-electron chi connectivity index (χ3n) is 4.41. The van der Waals surface area contributed by atoms with Crippen molar-refractivity contribution in [3.05, 3.63) is 102 Å². The molecule has 30 heavy (non-hydrogen) atoms. The van der Waals surface area contributed by atoms with Crippen LogP contribution in [0.3, 0.4) is 0 Å². The number of amides is 1. The molecule has 5 nitrogen and oxygen atoms in total. The maximum absolute atomic E-state index is 12.0. The van der Waals surface area contributed by atoms with Crippen LogP contribution in [0.5, 0.6) is 0 Å². The number of carboxylic acids is 1. The summed E-state index contributed by atoms with van der Waals surface area (Å²) in [5.74, 6) is -0.235. The lowest BCUT2D eigenvalue weighted by Gasteiger charge is -2.15. The highest BCUT2D eigenvalue weighted by molar-refractivity contribution is 7.98. The third kappa shape index (κ3) is 6.97. The van der Waals surface area contributed by atoms with E-state index in [1.807, 2.05) is 72.8 Å². The minimum atomic E-state index is -1.10. The molecule has 154 valence electrons. The van der Waals surface area contributed by atoms with Gasteiger partial charge < -0.3 is 15.2 Å². The van der Waals surface area contributed by atoms with Crippen LogP contribution in [0.2, 0.25) is 0 Å². The van der Waals surface area contributed by atoms with Gasteiger partial charge in [-0.3, -0.25) is 0 Å². The molecule has 0 unspecified atom stereocenters. The van der Waals surface area contributed by atoms with Crippen LogP contribution >= 0.6 is 11.8 Å². The van der Waals surface area contributed by atoms with E-state index in [4.69, 9.17) is 4.74 Å². The Kier molecular flexibility index (Phi) is 7.92. The van der Waals surface area contributed by atoms with Crippen molar-refractivity contribution in [3.8, 4) is 0 Å². The van der Waals surface area contributed by atoms with Crippen molar-refractivity contribution in [3.63, 3.8) is 0 Å². The van der Waals surface area contributed by atoms with Crippen molar-refractivity contribution in [2.75, 3.05) is 0 Å². The van der Waals surface area contributed by atoms with Crippen molar-refractivity contribution in [1.82, 2.24) is 5.32 Å². The van der Waals surface area contributed by atoms with Gasteiger partial charge >= 0.3 is 12.1 Å². The molecule has 0 saturated carbocycles. The molecule has 3 aromatic rings. The second kappa shape index (κ2) is 11.1. The van der Waals surface area contributed by atoms with Crippen LogP contribution in [-0.4, -0.2) is 23.2 Å². The normalized spacial score (nSPS) is 11.5. The van der Waals surface area contributed by atoms with Gasteiger partial charge in [0.2, 0.25) is 0 Å². The first-order valence-electron chi connectivity index (χ1n) is 9.56. The maximum atomic E-state index is 12.0. The molecule has 0 spiro atoms. The largest absolute Gasteiger partial charge is 0.480 e. The Bertz CT molecular complexity index is 946. The molecule has 0 aromatic heterocycles. The summed E-state index contributed by atoms with van der Waals surface area (Å²) >= 11 is 1.72. The van der Waals surface area contributed by atoms with Crippen molar-refractivity contribution in [2.24, 2.45) is 0 Å². The zero-order chi connectivity index (χ0) is 21.2. The fourth-order valence-corrected chi connectivity index (χ4v) is 3.66. The van der Waals surface area contributed by atoms with Gasteiger partial charge in [0.05, 0.1) is 0 Å². The summed E-state index contributed by atoms with van der Waals surface area (Å²) in [7, 11) is 0. The van der Waals surface area contributed by atoms with Gasteiger partial charge in [0, 0.05) is 17.1 Å². The number of benzene rings is 3. The Morgan fingerprint density at radius 3 is 2.03 bits per heavy atom. The molecule has 0 aliphatic carbocycles. The number of carboxylic acid groups (broad SMARTS) is 1. The minimum Gasteiger partial charge on any atom is -0.480 e. The van der Waals surface area contributed by atoms with Crippen LogP contribution in [0.15, 0.2) is 89.8 Å². The van der Waals surface area contributed by atoms with E-state index in [2.05, 4.69) is 17.4 Å². The second-order valence-corrected chi connectivity index (χ2v) is 7.77. The number of ether oxygens (including phenoxy) is 1. The SMILES string of the molecule is O=C(N[C@@H](Cc1ccc(SCc2ccccc2)cc1)C(=O)O)OCc1ccccc1. The first kappa shape index (κ1) is 21.5. The highest BCUT2D eigenvalue weighted by atomic mass is 32.2. The zero-order valence-electron chi connectivity index (χ0n) is 16.4. The summed E-state index contributed by atoms with van der Waals surface area (Å²) in [5, 5.41) is 11.9. The fraction of sp³-hybridized carbons (Fsp3) is 0.167. The number of carbonyl (C=O) groups is 2. The zero-order valence-corrected chi connectivity index (χ0v) is 17.2. The number of alkyl carbamates (subject to hydrolysis) is 1.